The van der Waals surface area contributed by atoms with Crippen LogP contribution < -0.4 is 4.74 Å². The van der Waals surface area contributed by atoms with Crippen LogP contribution in [0.1, 0.15) is 63.4 Å². The molecule has 0 aliphatic carbocycles. The van der Waals surface area contributed by atoms with Crippen molar-refractivity contribution in [3.63, 3.8) is 0 Å². The Morgan fingerprint density at radius 1 is 0.605 bits per heavy atom. The maximum atomic E-state index is 5.77. The summed E-state index contributed by atoms with van der Waals surface area (Å²) in [5.41, 5.74) is 1.41. The number of benzene rings is 2. The van der Waals surface area contributed by atoms with Crippen LogP contribution in [-0.2, 0) is 6.54 Å². The zero-order valence-corrected chi connectivity index (χ0v) is 25.9. The molecule has 1 aliphatic rings. The molecule has 2 aromatic rings. The predicted molar refractivity (Wildman–Crippen MR) is 171 cm³/mol. The monoisotopic (exact) mass is 587 g/mol. The van der Waals surface area contributed by atoms with Crippen LogP contribution in [0.5, 0.6) is 5.75 Å². The highest BCUT2D eigenvalue weighted by molar-refractivity contribution is 5.86. The predicted octanol–water partition coefficient (Wildman–Crippen LogP) is 7.59. The maximum Gasteiger partial charge on any atom is 0.119 e. The first-order chi connectivity index (χ1) is 17.3. The third-order valence-corrected chi connectivity index (χ3v) is 7.16. The Kier molecular flexibility index (Phi) is 23.2. The van der Waals surface area contributed by atoms with Gasteiger partial charge in [0.2, 0.25) is 0 Å². The molecule has 1 heterocycles. The van der Waals surface area contributed by atoms with E-state index in [4.69, 9.17) is 4.74 Å². The van der Waals surface area contributed by atoms with Gasteiger partial charge < -0.3 is 19.4 Å². The summed E-state index contributed by atoms with van der Waals surface area (Å²) in [5, 5.41) is 0. The first-order valence-electron chi connectivity index (χ1n) is 14.1. The average Bonchev–Trinajstić information content (AvgIpc) is 2.90. The van der Waals surface area contributed by atoms with Crippen LogP contribution in [-0.4, -0.2) is 74.2 Å². The van der Waals surface area contributed by atoms with Gasteiger partial charge in [0.05, 0.1) is 6.61 Å². The molecule has 1 fully saturated rings. The number of nitrogens with zero attached hydrogens (tertiary/aromatic N) is 3. The summed E-state index contributed by atoms with van der Waals surface area (Å²) in [6, 6.07) is 21.0. The molecule has 2 aromatic carbocycles. The van der Waals surface area contributed by atoms with Gasteiger partial charge in [-0.1, -0.05) is 80.6 Å². The molecule has 3 rings (SSSR count). The Hall–Kier alpha value is -1.01. The van der Waals surface area contributed by atoms with Crippen molar-refractivity contribution in [2.24, 2.45) is 0 Å². The lowest BCUT2D eigenvalue weighted by molar-refractivity contribution is 0.128. The molecule has 0 unspecified atom stereocenters. The SMILES string of the molecule is CN(CCCCN1CCN(CCCCCCCCCOc2ccccc2)CC1)Cc1ccccc1.Cl.Cl.Cl. The minimum Gasteiger partial charge on any atom is -0.494 e. The van der Waals surface area contributed by atoms with Gasteiger partial charge in [-0.25, -0.2) is 0 Å². The first kappa shape index (κ1) is 37.0. The van der Waals surface area contributed by atoms with E-state index in [-0.39, 0.29) is 37.2 Å². The number of piperazine rings is 1. The molecule has 1 saturated heterocycles. The van der Waals surface area contributed by atoms with Crippen LogP contribution in [0.4, 0.5) is 0 Å². The smallest absolute Gasteiger partial charge is 0.119 e. The Labute approximate surface area is 251 Å². The summed E-state index contributed by atoms with van der Waals surface area (Å²) >= 11 is 0. The number of hydrogen-bond acceptors (Lipinski definition) is 4. The zero-order valence-electron chi connectivity index (χ0n) is 23.5. The molecule has 0 bridgehead atoms. The highest BCUT2D eigenvalue weighted by Gasteiger charge is 2.15. The number of para-hydroxylation sites is 1. The quantitative estimate of drug-likeness (QED) is 0.167. The summed E-state index contributed by atoms with van der Waals surface area (Å²) in [5.74, 6) is 0.996. The Balaban J connectivity index is 0.00000456. The maximum absolute atomic E-state index is 5.77. The van der Waals surface area contributed by atoms with Crippen molar-refractivity contribution in [2.75, 3.05) is 59.5 Å². The van der Waals surface area contributed by atoms with E-state index in [0.717, 1.165) is 18.9 Å². The van der Waals surface area contributed by atoms with Gasteiger partial charge in [-0.15, -0.1) is 37.2 Å². The molecule has 0 amide bonds. The standard InChI is InChI=1S/C31H49N3O.3ClH/c1-32(29-30-17-9-7-10-18-30)21-14-15-23-34-26-24-33(25-27-34)22-13-5-3-2-4-6-16-28-35-31-19-11-8-12-20-31;;;/h7-12,17-20H,2-6,13-16,21-29H2,1H3;3*1H. The number of ether oxygens (including phenoxy) is 1. The van der Waals surface area contributed by atoms with Crippen LogP contribution in [0.2, 0.25) is 0 Å². The fourth-order valence-corrected chi connectivity index (χ4v) is 4.96. The van der Waals surface area contributed by atoms with Crippen molar-refractivity contribution in [1.29, 1.82) is 0 Å². The molecule has 7 heteroatoms. The number of halogens is 3. The normalized spacial score (nSPS) is 13.8. The zero-order chi connectivity index (χ0) is 24.4. The van der Waals surface area contributed by atoms with Crippen LogP contribution in [0.25, 0.3) is 0 Å². The van der Waals surface area contributed by atoms with Gasteiger partial charge in [0.15, 0.2) is 0 Å². The average molecular weight is 589 g/mol. The highest BCUT2D eigenvalue weighted by atomic mass is 35.5. The van der Waals surface area contributed by atoms with E-state index in [2.05, 4.69) is 52.1 Å². The lowest BCUT2D eigenvalue weighted by atomic mass is 10.1. The second kappa shape index (κ2) is 23.8. The highest BCUT2D eigenvalue weighted by Crippen LogP contribution is 2.12. The lowest BCUT2D eigenvalue weighted by Gasteiger charge is -2.34. The molecular formula is C31H52Cl3N3O. The molecule has 0 N–H and O–H groups in total. The van der Waals surface area contributed by atoms with Crippen molar-refractivity contribution < 1.29 is 4.74 Å². The van der Waals surface area contributed by atoms with Gasteiger partial charge in [0.25, 0.3) is 0 Å². The Morgan fingerprint density at radius 2 is 1.08 bits per heavy atom. The molecule has 4 nitrogen and oxygen atoms in total. The van der Waals surface area contributed by atoms with E-state index >= 15 is 0 Å². The molecular weight excluding hydrogens is 537 g/mol. The third kappa shape index (κ3) is 16.8. The van der Waals surface area contributed by atoms with E-state index in [9.17, 15) is 0 Å². The van der Waals surface area contributed by atoms with Gasteiger partial charge >= 0.3 is 0 Å². The van der Waals surface area contributed by atoms with Crippen molar-refractivity contribution in [3.05, 3.63) is 66.2 Å². The van der Waals surface area contributed by atoms with Crippen LogP contribution >= 0.6 is 37.2 Å². The van der Waals surface area contributed by atoms with Crippen molar-refractivity contribution in [3.8, 4) is 5.75 Å². The second-order valence-corrected chi connectivity index (χ2v) is 10.3. The van der Waals surface area contributed by atoms with Gasteiger partial charge in [-0.05, 0) is 70.1 Å². The Morgan fingerprint density at radius 3 is 1.66 bits per heavy atom. The topological polar surface area (TPSA) is 19.0 Å². The molecule has 0 spiro atoms. The molecule has 38 heavy (non-hydrogen) atoms. The van der Waals surface area contributed by atoms with E-state index in [1.54, 1.807) is 0 Å². The number of hydrogen-bond donors (Lipinski definition) is 0. The van der Waals surface area contributed by atoms with Gasteiger partial charge in [0, 0.05) is 32.7 Å². The fourth-order valence-electron chi connectivity index (χ4n) is 4.96. The van der Waals surface area contributed by atoms with Gasteiger partial charge in [0.1, 0.15) is 5.75 Å². The first-order valence-corrected chi connectivity index (χ1v) is 14.1. The summed E-state index contributed by atoms with van der Waals surface area (Å²) in [6.45, 7) is 10.7. The molecule has 0 aromatic heterocycles. The fraction of sp³-hybridized carbons (Fsp3) is 0.613. The molecule has 0 atom stereocenters. The minimum atomic E-state index is 0. The summed E-state index contributed by atoms with van der Waals surface area (Å²) in [7, 11) is 2.24. The van der Waals surface area contributed by atoms with Crippen LogP contribution in [0.15, 0.2) is 60.7 Å². The largest absolute Gasteiger partial charge is 0.494 e. The summed E-state index contributed by atoms with van der Waals surface area (Å²) < 4.78 is 5.77. The molecule has 218 valence electrons. The Bertz CT molecular complexity index is 761. The number of rotatable bonds is 18. The van der Waals surface area contributed by atoms with Crippen molar-refractivity contribution in [2.45, 2.75) is 64.3 Å². The third-order valence-electron chi connectivity index (χ3n) is 7.16. The van der Waals surface area contributed by atoms with Gasteiger partial charge in [-0.3, -0.25) is 0 Å². The van der Waals surface area contributed by atoms with E-state index in [1.807, 2.05) is 30.3 Å². The van der Waals surface area contributed by atoms with Crippen molar-refractivity contribution in [1.82, 2.24) is 14.7 Å². The summed E-state index contributed by atoms with van der Waals surface area (Å²) in [4.78, 5) is 7.81. The van der Waals surface area contributed by atoms with E-state index < -0.39 is 0 Å². The van der Waals surface area contributed by atoms with E-state index in [0.29, 0.717) is 0 Å². The minimum absolute atomic E-state index is 0. The lowest BCUT2D eigenvalue weighted by Crippen LogP contribution is -2.46. The van der Waals surface area contributed by atoms with Crippen LogP contribution in [0.3, 0.4) is 0 Å². The van der Waals surface area contributed by atoms with Gasteiger partial charge in [-0.2, -0.15) is 0 Å². The van der Waals surface area contributed by atoms with Crippen molar-refractivity contribution >= 4 is 37.2 Å². The van der Waals surface area contributed by atoms with E-state index in [1.165, 1.54) is 109 Å². The molecule has 0 radical (unpaired) electrons. The molecule has 0 saturated carbocycles. The van der Waals surface area contributed by atoms with Crippen LogP contribution in [0, 0.1) is 0 Å². The summed E-state index contributed by atoms with van der Waals surface area (Å²) in [6.07, 6.45) is 11.9. The number of unbranched alkanes of at least 4 members (excludes halogenated alkanes) is 7. The second-order valence-electron chi connectivity index (χ2n) is 10.3. The molecule has 1 aliphatic heterocycles.